The Bertz CT molecular complexity index is 443. The van der Waals surface area contributed by atoms with Gasteiger partial charge in [0.05, 0.1) is 11.7 Å². The van der Waals surface area contributed by atoms with Gasteiger partial charge in [-0.2, -0.15) is 0 Å². The Kier molecular flexibility index (Phi) is 6.17. The summed E-state index contributed by atoms with van der Waals surface area (Å²) in [6, 6.07) is 0.454. The minimum absolute atomic E-state index is 0.454. The summed E-state index contributed by atoms with van der Waals surface area (Å²) >= 11 is 1.91. The smallest absolute Gasteiger partial charge is 0.112 e. The van der Waals surface area contributed by atoms with Gasteiger partial charge in [-0.1, -0.05) is 20.8 Å². The number of hydrogen-bond acceptors (Lipinski definition) is 5. The maximum Gasteiger partial charge on any atom is 0.112 e. The van der Waals surface area contributed by atoms with Crippen molar-refractivity contribution < 1.29 is 0 Å². The molecule has 1 aromatic rings. The average molecular weight is 311 g/mol. The number of likely N-dealkylation sites (N-methyl/N-ethyl adjacent to an activating group) is 2. The lowest BCUT2D eigenvalue weighted by Gasteiger charge is -2.36. The lowest BCUT2D eigenvalue weighted by molar-refractivity contribution is 0.115. The largest absolute Gasteiger partial charge is 0.312 e. The highest BCUT2D eigenvalue weighted by Crippen LogP contribution is 2.30. The number of rotatable bonds is 6. The molecule has 1 aromatic heterocycles. The van der Waals surface area contributed by atoms with Crippen LogP contribution in [0.3, 0.4) is 0 Å². The van der Waals surface area contributed by atoms with Gasteiger partial charge >= 0.3 is 0 Å². The third-order valence-electron chi connectivity index (χ3n) is 4.07. The number of aromatic nitrogens is 1. The van der Waals surface area contributed by atoms with Gasteiger partial charge in [0.25, 0.3) is 0 Å². The Balaban J connectivity index is 2.20. The van der Waals surface area contributed by atoms with Crippen molar-refractivity contribution in [2.75, 3.05) is 40.3 Å². The van der Waals surface area contributed by atoms with Crippen molar-refractivity contribution in [3.8, 4) is 0 Å². The zero-order valence-corrected chi connectivity index (χ0v) is 15.0. The molecule has 0 radical (unpaired) electrons. The molecule has 120 valence electrons. The highest BCUT2D eigenvalue weighted by Gasteiger charge is 2.27. The molecule has 1 fully saturated rings. The average Bonchev–Trinajstić information content (AvgIpc) is 2.81. The highest BCUT2D eigenvalue weighted by atomic mass is 32.1. The molecule has 0 saturated carbocycles. The van der Waals surface area contributed by atoms with Crippen LogP contribution < -0.4 is 5.32 Å². The fraction of sp³-hybridized carbons (Fsp3) is 0.812. The summed E-state index contributed by atoms with van der Waals surface area (Å²) in [5.41, 5.74) is 1.31. The number of piperazine rings is 1. The van der Waals surface area contributed by atoms with Crippen LogP contribution in [-0.2, 0) is 13.0 Å². The molecule has 1 saturated heterocycles. The molecule has 0 aromatic carbocycles. The monoisotopic (exact) mass is 310 g/mol. The van der Waals surface area contributed by atoms with Crippen LogP contribution in [0.1, 0.15) is 42.4 Å². The first kappa shape index (κ1) is 16.9. The van der Waals surface area contributed by atoms with E-state index in [0.717, 1.165) is 39.1 Å². The summed E-state index contributed by atoms with van der Waals surface area (Å²) in [7, 11) is 4.44. The van der Waals surface area contributed by atoms with Crippen LogP contribution in [0.25, 0.3) is 0 Å². The van der Waals surface area contributed by atoms with Gasteiger partial charge in [-0.25, -0.2) is 4.98 Å². The van der Waals surface area contributed by atoms with Gasteiger partial charge in [0, 0.05) is 31.1 Å². The predicted molar refractivity (Wildman–Crippen MR) is 90.9 cm³/mol. The van der Waals surface area contributed by atoms with Crippen LogP contribution in [0, 0.1) is 5.92 Å². The normalized spacial score (nSPS) is 21.3. The maximum absolute atomic E-state index is 5.02. The Morgan fingerprint density at radius 3 is 2.76 bits per heavy atom. The van der Waals surface area contributed by atoms with Crippen LogP contribution in [0.15, 0.2) is 0 Å². The molecule has 1 atom stereocenters. The number of nitrogens with zero attached hydrogens (tertiary/aromatic N) is 3. The van der Waals surface area contributed by atoms with Crippen molar-refractivity contribution in [3.63, 3.8) is 0 Å². The van der Waals surface area contributed by atoms with Crippen LogP contribution in [0.2, 0.25) is 0 Å². The molecule has 1 N–H and O–H groups in total. The lowest BCUT2D eigenvalue weighted by atomic mass is 10.1. The molecule has 1 unspecified atom stereocenters. The second-order valence-corrected chi connectivity index (χ2v) is 7.67. The van der Waals surface area contributed by atoms with E-state index in [1.54, 1.807) is 0 Å². The minimum Gasteiger partial charge on any atom is -0.312 e. The van der Waals surface area contributed by atoms with E-state index in [1.165, 1.54) is 15.6 Å². The number of thiazole rings is 1. The number of hydrogen-bond donors (Lipinski definition) is 1. The molecule has 0 amide bonds. The summed E-state index contributed by atoms with van der Waals surface area (Å²) < 4.78 is 0. The van der Waals surface area contributed by atoms with Gasteiger partial charge in [0.2, 0.25) is 0 Å². The zero-order chi connectivity index (χ0) is 15.4. The van der Waals surface area contributed by atoms with E-state index in [2.05, 4.69) is 50.0 Å². The topological polar surface area (TPSA) is 31.4 Å². The Labute approximate surface area is 133 Å². The van der Waals surface area contributed by atoms with Crippen molar-refractivity contribution in [3.05, 3.63) is 15.6 Å². The third-order valence-corrected chi connectivity index (χ3v) is 5.27. The summed E-state index contributed by atoms with van der Waals surface area (Å²) in [6.07, 6.45) is 1.09. The van der Waals surface area contributed by atoms with Crippen molar-refractivity contribution in [1.29, 1.82) is 0 Å². The zero-order valence-electron chi connectivity index (χ0n) is 14.1. The van der Waals surface area contributed by atoms with Crippen molar-refractivity contribution in [2.45, 2.75) is 39.8 Å². The third kappa shape index (κ3) is 4.49. The first-order valence-corrected chi connectivity index (χ1v) is 8.90. The molecular formula is C16H30N4S. The second kappa shape index (κ2) is 7.68. The van der Waals surface area contributed by atoms with Crippen molar-refractivity contribution in [2.24, 2.45) is 5.92 Å². The van der Waals surface area contributed by atoms with E-state index in [1.807, 2.05) is 11.3 Å². The van der Waals surface area contributed by atoms with Gasteiger partial charge in [0.15, 0.2) is 0 Å². The fourth-order valence-electron chi connectivity index (χ4n) is 2.75. The Morgan fingerprint density at radius 2 is 2.10 bits per heavy atom. The van der Waals surface area contributed by atoms with Crippen LogP contribution in [-0.4, -0.2) is 55.1 Å². The molecule has 21 heavy (non-hydrogen) atoms. The van der Waals surface area contributed by atoms with Gasteiger partial charge in [0.1, 0.15) is 5.01 Å². The van der Waals surface area contributed by atoms with E-state index in [0.29, 0.717) is 12.0 Å². The van der Waals surface area contributed by atoms with Crippen LogP contribution in [0.5, 0.6) is 0 Å². The highest BCUT2D eigenvalue weighted by molar-refractivity contribution is 7.11. The molecule has 2 heterocycles. The predicted octanol–water partition coefficient (Wildman–Crippen LogP) is 2.37. The van der Waals surface area contributed by atoms with Crippen molar-refractivity contribution >= 4 is 11.3 Å². The van der Waals surface area contributed by atoms with Crippen LogP contribution in [0.4, 0.5) is 0 Å². The molecule has 0 spiro atoms. The second-order valence-electron chi connectivity index (χ2n) is 6.56. The summed E-state index contributed by atoms with van der Waals surface area (Å²) in [5.74, 6) is 0.659. The molecule has 0 aliphatic carbocycles. The van der Waals surface area contributed by atoms with E-state index in [4.69, 9.17) is 4.98 Å². The van der Waals surface area contributed by atoms with Gasteiger partial charge < -0.3 is 10.2 Å². The maximum atomic E-state index is 5.02. The fourth-order valence-corrected chi connectivity index (χ4v) is 3.97. The minimum atomic E-state index is 0.454. The molecule has 1 aliphatic rings. The van der Waals surface area contributed by atoms with Gasteiger partial charge in [-0.15, -0.1) is 11.3 Å². The molecule has 0 bridgehead atoms. The Morgan fingerprint density at radius 1 is 1.33 bits per heavy atom. The van der Waals surface area contributed by atoms with Crippen LogP contribution >= 0.6 is 11.3 Å². The van der Waals surface area contributed by atoms with Crippen molar-refractivity contribution in [1.82, 2.24) is 20.1 Å². The molecule has 2 rings (SSSR count). The van der Waals surface area contributed by atoms with Gasteiger partial charge in [-0.05, 0) is 33.0 Å². The summed E-state index contributed by atoms with van der Waals surface area (Å²) in [6.45, 7) is 12.1. The molecule has 4 nitrogen and oxygen atoms in total. The first-order chi connectivity index (χ1) is 10.0. The Hall–Kier alpha value is -0.490. The van der Waals surface area contributed by atoms with Gasteiger partial charge in [-0.3, -0.25) is 4.90 Å². The standard InChI is InChI=1S/C16H30N4S/c1-6-17-10-15-13(9-12(2)3)18-16(21-15)14-11-19(4)7-8-20(14)5/h12,14,17H,6-11H2,1-5H3. The van der Waals surface area contributed by atoms with E-state index < -0.39 is 0 Å². The summed E-state index contributed by atoms with van der Waals surface area (Å²) in [5, 5.41) is 4.76. The van der Waals surface area contributed by atoms with E-state index in [-0.39, 0.29) is 0 Å². The summed E-state index contributed by atoms with van der Waals surface area (Å²) in [4.78, 5) is 11.3. The van der Waals surface area contributed by atoms with E-state index >= 15 is 0 Å². The quantitative estimate of drug-likeness (QED) is 0.874. The molecular weight excluding hydrogens is 280 g/mol. The first-order valence-electron chi connectivity index (χ1n) is 8.09. The number of nitrogens with one attached hydrogen (secondary N) is 1. The molecule has 1 aliphatic heterocycles. The lowest BCUT2D eigenvalue weighted by Crippen LogP contribution is -2.44. The molecule has 5 heteroatoms. The van der Waals surface area contributed by atoms with E-state index in [9.17, 15) is 0 Å². The SMILES string of the molecule is CCNCc1sc(C2CN(C)CCN2C)nc1CC(C)C.